The number of H-pyrrole nitrogens is 1. The number of carbonyl (C=O) groups is 1. The van der Waals surface area contributed by atoms with E-state index in [-0.39, 0.29) is 22.9 Å². The molecular weight excluding hydrogens is 282 g/mol. The molecule has 22 heavy (non-hydrogen) atoms. The van der Waals surface area contributed by atoms with Gasteiger partial charge in [-0.2, -0.15) is 0 Å². The monoisotopic (exact) mass is 303 g/mol. The highest BCUT2D eigenvalue weighted by atomic mass is 16.5. The SMILES string of the molecule is CCc1c[nH]c(=O)c(C(=O)NCC(C)c2c(C)noc2C)c1. The Hall–Kier alpha value is -2.37. The number of carbonyl (C=O) groups excluding carboxylic acids is 1. The van der Waals surface area contributed by atoms with E-state index in [1.54, 1.807) is 12.3 Å². The number of aromatic nitrogens is 2. The second kappa shape index (κ2) is 6.60. The average Bonchev–Trinajstić information content (AvgIpc) is 2.84. The first kappa shape index (κ1) is 16.0. The minimum Gasteiger partial charge on any atom is -0.361 e. The lowest BCUT2D eigenvalue weighted by Crippen LogP contribution is -2.32. The zero-order chi connectivity index (χ0) is 16.3. The second-order valence-electron chi connectivity index (χ2n) is 5.45. The van der Waals surface area contributed by atoms with Crippen molar-refractivity contribution in [3.05, 3.63) is 50.8 Å². The fraction of sp³-hybridized carbons (Fsp3) is 0.438. The minimum atomic E-state index is -0.375. The topological polar surface area (TPSA) is 88.0 Å². The molecule has 6 nitrogen and oxygen atoms in total. The van der Waals surface area contributed by atoms with Gasteiger partial charge in [0.1, 0.15) is 11.3 Å². The predicted molar refractivity (Wildman–Crippen MR) is 83.2 cm³/mol. The van der Waals surface area contributed by atoms with Crippen LogP contribution in [0.3, 0.4) is 0 Å². The lowest BCUT2D eigenvalue weighted by atomic mass is 9.99. The predicted octanol–water partition coefficient (Wildman–Crippen LogP) is 2.08. The summed E-state index contributed by atoms with van der Waals surface area (Å²) in [5.74, 6) is 0.448. The molecule has 2 rings (SSSR count). The molecule has 1 amide bonds. The summed E-state index contributed by atoms with van der Waals surface area (Å²) in [6.45, 7) is 8.09. The van der Waals surface area contributed by atoms with Gasteiger partial charge in [-0.25, -0.2) is 0 Å². The van der Waals surface area contributed by atoms with Gasteiger partial charge in [0.2, 0.25) is 0 Å². The van der Waals surface area contributed by atoms with E-state index in [4.69, 9.17) is 4.52 Å². The number of hydrogen-bond donors (Lipinski definition) is 2. The fourth-order valence-corrected chi connectivity index (χ4v) is 2.54. The second-order valence-corrected chi connectivity index (χ2v) is 5.45. The third-order valence-corrected chi connectivity index (χ3v) is 3.77. The molecule has 0 radical (unpaired) electrons. The molecule has 0 saturated carbocycles. The number of nitrogens with zero attached hydrogens (tertiary/aromatic N) is 1. The van der Waals surface area contributed by atoms with Crippen LogP contribution >= 0.6 is 0 Å². The molecule has 2 N–H and O–H groups in total. The van der Waals surface area contributed by atoms with Crippen molar-refractivity contribution in [3.63, 3.8) is 0 Å². The molecule has 0 aliphatic carbocycles. The van der Waals surface area contributed by atoms with Crippen molar-refractivity contribution in [2.24, 2.45) is 0 Å². The number of pyridine rings is 1. The summed E-state index contributed by atoms with van der Waals surface area (Å²) in [7, 11) is 0. The molecule has 2 aromatic heterocycles. The summed E-state index contributed by atoms with van der Waals surface area (Å²) >= 11 is 0. The van der Waals surface area contributed by atoms with E-state index >= 15 is 0 Å². The molecule has 1 unspecified atom stereocenters. The molecule has 0 saturated heterocycles. The van der Waals surface area contributed by atoms with Crippen molar-refractivity contribution in [2.75, 3.05) is 6.54 Å². The Bertz CT molecular complexity index is 711. The molecule has 0 aromatic carbocycles. The Morgan fingerprint density at radius 3 is 2.77 bits per heavy atom. The van der Waals surface area contributed by atoms with Gasteiger partial charge < -0.3 is 14.8 Å². The maximum atomic E-state index is 12.2. The number of rotatable bonds is 5. The number of amides is 1. The zero-order valence-corrected chi connectivity index (χ0v) is 13.3. The van der Waals surface area contributed by atoms with Crippen molar-refractivity contribution < 1.29 is 9.32 Å². The first-order chi connectivity index (χ1) is 10.4. The first-order valence-electron chi connectivity index (χ1n) is 7.36. The number of aromatic amines is 1. The van der Waals surface area contributed by atoms with Crippen LogP contribution in [0.15, 0.2) is 21.6 Å². The molecule has 0 bridgehead atoms. The Balaban J connectivity index is 2.09. The van der Waals surface area contributed by atoms with Gasteiger partial charge in [0.15, 0.2) is 0 Å². The van der Waals surface area contributed by atoms with Gasteiger partial charge >= 0.3 is 0 Å². The van der Waals surface area contributed by atoms with E-state index in [1.807, 2.05) is 27.7 Å². The van der Waals surface area contributed by atoms with Gasteiger partial charge in [-0.1, -0.05) is 19.0 Å². The lowest BCUT2D eigenvalue weighted by Gasteiger charge is -2.12. The Kier molecular flexibility index (Phi) is 4.80. The Morgan fingerprint density at radius 2 is 2.18 bits per heavy atom. The molecule has 2 heterocycles. The van der Waals surface area contributed by atoms with Crippen LogP contribution in [0.5, 0.6) is 0 Å². The average molecular weight is 303 g/mol. The van der Waals surface area contributed by atoms with E-state index < -0.39 is 0 Å². The normalized spacial score (nSPS) is 12.2. The van der Waals surface area contributed by atoms with Crippen molar-refractivity contribution >= 4 is 5.91 Å². The van der Waals surface area contributed by atoms with Gasteiger partial charge in [-0.05, 0) is 31.9 Å². The maximum absolute atomic E-state index is 12.2. The summed E-state index contributed by atoms with van der Waals surface area (Å²) in [5, 5.41) is 6.72. The van der Waals surface area contributed by atoms with Crippen LogP contribution < -0.4 is 10.9 Å². The van der Waals surface area contributed by atoms with Crippen LogP contribution in [-0.2, 0) is 6.42 Å². The summed E-state index contributed by atoms with van der Waals surface area (Å²) in [5.41, 5.74) is 2.51. The quantitative estimate of drug-likeness (QED) is 0.885. The molecule has 0 aliphatic heterocycles. The summed E-state index contributed by atoms with van der Waals surface area (Å²) in [6, 6.07) is 1.63. The van der Waals surface area contributed by atoms with E-state index in [1.165, 1.54) is 0 Å². The molecular formula is C16H21N3O3. The number of hydrogen-bond acceptors (Lipinski definition) is 4. The van der Waals surface area contributed by atoms with Crippen molar-refractivity contribution in [1.82, 2.24) is 15.5 Å². The fourth-order valence-electron chi connectivity index (χ4n) is 2.54. The van der Waals surface area contributed by atoms with Crippen LogP contribution in [0.25, 0.3) is 0 Å². The maximum Gasteiger partial charge on any atom is 0.260 e. The molecule has 118 valence electrons. The molecule has 1 atom stereocenters. The highest BCUT2D eigenvalue weighted by molar-refractivity contribution is 5.93. The third kappa shape index (κ3) is 3.27. The summed E-state index contributed by atoms with van der Waals surface area (Å²) < 4.78 is 5.14. The smallest absolute Gasteiger partial charge is 0.260 e. The standard InChI is InChI=1S/C16H21N3O3/c1-5-12-6-13(16(21)18-8-12)15(20)17-7-9(2)14-10(3)19-22-11(14)4/h6,8-9H,5,7H2,1-4H3,(H,17,20)(H,18,21). The Morgan fingerprint density at radius 1 is 1.45 bits per heavy atom. The summed E-state index contributed by atoms with van der Waals surface area (Å²) in [4.78, 5) is 26.6. The molecule has 0 aliphatic rings. The van der Waals surface area contributed by atoms with E-state index in [9.17, 15) is 9.59 Å². The Labute approximate surface area is 128 Å². The highest BCUT2D eigenvalue weighted by Gasteiger charge is 2.18. The van der Waals surface area contributed by atoms with E-state index in [0.29, 0.717) is 6.54 Å². The van der Waals surface area contributed by atoms with Crippen LogP contribution in [0.2, 0.25) is 0 Å². The van der Waals surface area contributed by atoms with E-state index in [0.717, 1.165) is 29.0 Å². The van der Waals surface area contributed by atoms with Gasteiger partial charge in [0, 0.05) is 24.2 Å². The van der Waals surface area contributed by atoms with Crippen molar-refractivity contribution in [2.45, 2.75) is 40.0 Å². The highest BCUT2D eigenvalue weighted by Crippen LogP contribution is 2.22. The zero-order valence-electron chi connectivity index (χ0n) is 13.3. The van der Waals surface area contributed by atoms with Crippen LogP contribution in [-0.4, -0.2) is 22.6 Å². The van der Waals surface area contributed by atoms with Gasteiger partial charge in [-0.15, -0.1) is 0 Å². The third-order valence-electron chi connectivity index (χ3n) is 3.77. The molecule has 0 spiro atoms. The van der Waals surface area contributed by atoms with Gasteiger partial charge in [0.05, 0.1) is 5.69 Å². The van der Waals surface area contributed by atoms with Gasteiger partial charge in [0.25, 0.3) is 11.5 Å². The lowest BCUT2D eigenvalue weighted by molar-refractivity contribution is 0.0950. The molecule has 6 heteroatoms. The van der Waals surface area contributed by atoms with Crippen molar-refractivity contribution in [3.8, 4) is 0 Å². The van der Waals surface area contributed by atoms with Crippen LogP contribution in [0, 0.1) is 13.8 Å². The van der Waals surface area contributed by atoms with Crippen LogP contribution in [0.1, 0.15) is 52.7 Å². The number of aryl methyl sites for hydroxylation is 3. The van der Waals surface area contributed by atoms with Crippen LogP contribution in [0.4, 0.5) is 0 Å². The molecule has 0 fully saturated rings. The van der Waals surface area contributed by atoms with Crippen molar-refractivity contribution in [1.29, 1.82) is 0 Å². The minimum absolute atomic E-state index is 0.0589. The number of nitrogens with one attached hydrogen (secondary N) is 2. The summed E-state index contributed by atoms with van der Waals surface area (Å²) in [6.07, 6.45) is 2.39. The van der Waals surface area contributed by atoms with Gasteiger partial charge in [-0.3, -0.25) is 9.59 Å². The molecule has 2 aromatic rings. The largest absolute Gasteiger partial charge is 0.361 e. The first-order valence-corrected chi connectivity index (χ1v) is 7.36. The van der Waals surface area contributed by atoms with E-state index in [2.05, 4.69) is 15.5 Å².